The number of hydrogen-bond donors (Lipinski definition) is 1. The number of anilines is 1. The summed E-state index contributed by atoms with van der Waals surface area (Å²) in [6.45, 7) is 5.93. The molecular weight excluding hydrogens is 359 g/mol. The fourth-order valence-corrected chi connectivity index (χ4v) is 2.44. The molecule has 8 heteroatoms. The fourth-order valence-electron chi connectivity index (χ4n) is 2.44. The van der Waals surface area contributed by atoms with Gasteiger partial charge < -0.3 is 15.5 Å². The number of piperazine rings is 1. The average Bonchev–Trinajstić information content (AvgIpc) is 2.53. The molecule has 134 valence electrons. The van der Waals surface area contributed by atoms with Crippen molar-refractivity contribution in [1.82, 2.24) is 9.80 Å². The molecule has 0 radical (unpaired) electrons. The van der Waals surface area contributed by atoms with Gasteiger partial charge >= 0.3 is 0 Å². The maximum absolute atomic E-state index is 11.4. The van der Waals surface area contributed by atoms with Gasteiger partial charge in [0.1, 0.15) is 0 Å². The van der Waals surface area contributed by atoms with E-state index in [0.717, 1.165) is 39.3 Å². The van der Waals surface area contributed by atoms with Crippen molar-refractivity contribution in [1.29, 1.82) is 0 Å². The predicted octanol–water partition coefficient (Wildman–Crippen LogP) is 1.49. The molecule has 0 unspecified atom stereocenters. The van der Waals surface area contributed by atoms with Gasteiger partial charge in [-0.25, -0.2) is 0 Å². The van der Waals surface area contributed by atoms with Crippen LogP contribution in [0.4, 0.5) is 5.69 Å². The molecule has 0 bridgehead atoms. The van der Waals surface area contributed by atoms with Crippen LogP contribution in [0.2, 0.25) is 0 Å². The lowest BCUT2D eigenvalue weighted by atomic mass is 10.2. The van der Waals surface area contributed by atoms with Gasteiger partial charge in [-0.15, -0.1) is 37.2 Å². The topological polar surface area (TPSA) is 52.8 Å². The molecule has 2 N–H and O–H groups in total. The fraction of sp³-hybridized carbons (Fsp3) is 0.533. The minimum atomic E-state index is 0. The maximum Gasteiger partial charge on any atom is 0.236 e. The second-order valence-electron chi connectivity index (χ2n) is 5.18. The van der Waals surface area contributed by atoms with Crippen molar-refractivity contribution in [2.45, 2.75) is 0 Å². The summed E-state index contributed by atoms with van der Waals surface area (Å²) in [7, 11) is 1.81. The summed E-state index contributed by atoms with van der Waals surface area (Å²) in [5, 5.41) is 0. The van der Waals surface area contributed by atoms with Crippen LogP contribution in [0, 0.1) is 0 Å². The number of amides is 1. The monoisotopic (exact) mass is 384 g/mol. The summed E-state index contributed by atoms with van der Waals surface area (Å²) in [5.74, 6) is 0.00733. The van der Waals surface area contributed by atoms with Gasteiger partial charge in [-0.3, -0.25) is 9.69 Å². The number of nitrogens with two attached hydrogens (primary N) is 1. The highest BCUT2D eigenvalue weighted by atomic mass is 35.5. The molecule has 2 rings (SSSR count). The standard InChI is InChI=1S/C15H24N4O.3ClH/c1-17(15(20)13-16)7-8-18-9-11-19(12-10-18)14-5-3-2-4-6-14;;;/h2-6H,7-13,16H2,1H3;3*1H. The summed E-state index contributed by atoms with van der Waals surface area (Å²) in [5.41, 5.74) is 6.65. The van der Waals surface area contributed by atoms with E-state index in [9.17, 15) is 4.79 Å². The molecule has 0 aromatic heterocycles. The first-order valence-electron chi connectivity index (χ1n) is 7.17. The van der Waals surface area contributed by atoms with Gasteiger partial charge in [0, 0.05) is 52.0 Å². The Labute approximate surface area is 157 Å². The molecule has 1 aromatic rings. The maximum atomic E-state index is 11.4. The van der Waals surface area contributed by atoms with Gasteiger partial charge in [0.2, 0.25) is 5.91 Å². The SMILES string of the molecule is CN(CCN1CCN(c2ccccc2)CC1)C(=O)CN.Cl.Cl.Cl. The van der Waals surface area contributed by atoms with Crippen LogP contribution < -0.4 is 10.6 Å². The van der Waals surface area contributed by atoms with Gasteiger partial charge in [-0.1, -0.05) is 18.2 Å². The van der Waals surface area contributed by atoms with Crippen molar-refractivity contribution in [3.05, 3.63) is 30.3 Å². The molecular formula is C15H27Cl3N4O. The van der Waals surface area contributed by atoms with E-state index >= 15 is 0 Å². The van der Waals surface area contributed by atoms with E-state index < -0.39 is 0 Å². The first-order chi connectivity index (χ1) is 9.70. The number of rotatable bonds is 5. The second kappa shape index (κ2) is 12.7. The number of halogens is 3. The molecule has 1 aliphatic rings. The third-order valence-corrected chi connectivity index (χ3v) is 3.85. The molecule has 0 aliphatic carbocycles. The van der Waals surface area contributed by atoms with Crippen molar-refractivity contribution in [2.24, 2.45) is 5.73 Å². The number of nitrogens with zero attached hydrogens (tertiary/aromatic N) is 3. The smallest absolute Gasteiger partial charge is 0.236 e. The quantitative estimate of drug-likeness (QED) is 0.834. The molecule has 1 fully saturated rings. The van der Waals surface area contributed by atoms with E-state index in [1.54, 1.807) is 4.90 Å². The number of para-hydroxylation sites is 1. The van der Waals surface area contributed by atoms with Crippen LogP contribution >= 0.6 is 37.2 Å². The van der Waals surface area contributed by atoms with Crippen LogP contribution in [-0.4, -0.2) is 68.6 Å². The normalized spacial score (nSPS) is 14.1. The molecule has 1 saturated heterocycles. The predicted molar refractivity (Wildman–Crippen MR) is 104 cm³/mol. The lowest BCUT2D eigenvalue weighted by molar-refractivity contribution is -0.128. The van der Waals surface area contributed by atoms with Gasteiger partial charge in [0.25, 0.3) is 0 Å². The highest BCUT2D eigenvalue weighted by Crippen LogP contribution is 2.15. The first kappa shape index (κ1) is 24.5. The Hall–Kier alpha value is -0.720. The molecule has 0 atom stereocenters. The van der Waals surface area contributed by atoms with E-state index in [0.29, 0.717) is 0 Å². The summed E-state index contributed by atoms with van der Waals surface area (Å²) in [6, 6.07) is 10.5. The molecule has 0 spiro atoms. The van der Waals surface area contributed by atoms with Crippen molar-refractivity contribution in [3.63, 3.8) is 0 Å². The number of carbonyl (C=O) groups is 1. The van der Waals surface area contributed by atoms with Crippen LogP contribution in [0.3, 0.4) is 0 Å². The molecule has 1 amide bonds. The Morgan fingerprint density at radius 3 is 2.17 bits per heavy atom. The zero-order chi connectivity index (χ0) is 14.4. The Morgan fingerprint density at radius 1 is 1.09 bits per heavy atom. The molecule has 1 heterocycles. The number of benzene rings is 1. The largest absolute Gasteiger partial charge is 0.369 e. The third kappa shape index (κ3) is 7.59. The summed E-state index contributed by atoms with van der Waals surface area (Å²) < 4.78 is 0. The zero-order valence-electron chi connectivity index (χ0n) is 13.4. The van der Waals surface area contributed by atoms with Crippen LogP contribution in [0.5, 0.6) is 0 Å². The van der Waals surface area contributed by atoms with Crippen molar-refractivity contribution >= 4 is 48.8 Å². The van der Waals surface area contributed by atoms with Gasteiger partial charge in [-0.2, -0.15) is 0 Å². The van der Waals surface area contributed by atoms with E-state index in [2.05, 4.69) is 34.1 Å². The van der Waals surface area contributed by atoms with E-state index in [1.807, 2.05) is 13.1 Å². The van der Waals surface area contributed by atoms with E-state index in [1.165, 1.54) is 5.69 Å². The summed E-state index contributed by atoms with van der Waals surface area (Å²) in [6.07, 6.45) is 0. The Morgan fingerprint density at radius 2 is 1.65 bits per heavy atom. The van der Waals surface area contributed by atoms with Gasteiger partial charge in [-0.05, 0) is 12.1 Å². The second-order valence-corrected chi connectivity index (χ2v) is 5.18. The Balaban J connectivity index is 0. The van der Waals surface area contributed by atoms with Crippen LogP contribution in [0.15, 0.2) is 30.3 Å². The van der Waals surface area contributed by atoms with Crippen molar-refractivity contribution in [2.75, 3.05) is 57.8 Å². The number of likely N-dealkylation sites (N-methyl/N-ethyl adjacent to an activating group) is 1. The third-order valence-electron chi connectivity index (χ3n) is 3.85. The zero-order valence-corrected chi connectivity index (χ0v) is 15.8. The van der Waals surface area contributed by atoms with E-state index in [4.69, 9.17) is 5.73 Å². The van der Waals surface area contributed by atoms with Gasteiger partial charge in [0.15, 0.2) is 0 Å². The van der Waals surface area contributed by atoms with Crippen molar-refractivity contribution in [3.8, 4) is 0 Å². The highest BCUT2D eigenvalue weighted by Gasteiger charge is 2.17. The Bertz CT molecular complexity index is 428. The molecule has 23 heavy (non-hydrogen) atoms. The summed E-state index contributed by atoms with van der Waals surface area (Å²) >= 11 is 0. The van der Waals surface area contributed by atoms with Crippen LogP contribution in [0.1, 0.15) is 0 Å². The van der Waals surface area contributed by atoms with Crippen LogP contribution in [0.25, 0.3) is 0 Å². The minimum absolute atomic E-state index is 0. The molecule has 1 aliphatic heterocycles. The average molecular weight is 386 g/mol. The molecule has 1 aromatic carbocycles. The van der Waals surface area contributed by atoms with E-state index in [-0.39, 0.29) is 49.7 Å². The molecule has 5 nitrogen and oxygen atoms in total. The lowest BCUT2D eigenvalue weighted by Crippen LogP contribution is -2.49. The van der Waals surface area contributed by atoms with Crippen LogP contribution in [-0.2, 0) is 4.79 Å². The van der Waals surface area contributed by atoms with Gasteiger partial charge in [0.05, 0.1) is 6.54 Å². The number of hydrogen-bond acceptors (Lipinski definition) is 4. The van der Waals surface area contributed by atoms with Crippen molar-refractivity contribution < 1.29 is 4.79 Å². The lowest BCUT2D eigenvalue weighted by Gasteiger charge is -2.36. The summed E-state index contributed by atoms with van der Waals surface area (Å²) in [4.78, 5) is 17.9. The minimum Gasteiger partial charge on any atom is -0.369 e. The molecule has 0 saturated carbocycles. The Kier molecular flexibility index (Phi) is 13.5. The highest BCUT2D eigenvalue weighted by molar-refractivity contribution is 5.86. The first-order valence-corrected chi connectivity index (χ1v) is 7.17. The number of carbonyl (C=O) groups excluding carboxylic acids is 1.